The Hall–Kier alpha value is -1.67. The van der Waals surface area contributed by atoms with Crippen molar-refractivity contribution in [2.75, 3.05) is 13.6 Å². The van der Waals surface area contributed by atoms with Crippen LogP contribution in [0.2, 0.25) is 0 Å². The maximum absolute atomic E-state index is 12.9. The average molecular weight is 253 g/mol. The number of fused-ring (bicyclic) bond motifs is 1. The van der Waals surface area contributed by atoms with Gasteiger partial charge in [0, 0.05) is 17.5 Å². The van der Waals surface area contributed by atoms with Crippen LogP contribution in [0.4, 0.5) is 0 Å². The van der Waals surface area contributed by atoms with Gasteiger partial charge in [0.05, 0.1) is 0 Å². The molecule has 1 aliphatic carbocycles. The minimum Gasteiger partial charge on any atom is -0.319 e. The fourth-order valence-corrected chi connectivity index (χ4v) is 3.14. The molecule has 0 unspecified atom stereocenters. The van der Waals surface area contributed by atoms with Crippen LogP contribution in [-0.2, 0) is 0 Å². The molecule has 2 aromatic rings. The van der Waals surface area contributed by atoms with E-state index < -0.39 is 0 Å². The standard InChI is InChI=1S/C17H19NO/c1-18-12-17(10-5-11-17)16(19)15-9-4-7-13-6-2-3-8-14(13)15/h2-4,6-9,18H,5,10-12H2,1H3. The zero-order valence-corrected chi connectivity index (χ0v) is 11.3. The smallest absolute Gasteiger partial charge is 0.170 e. The highest BCUT2D eigenvalue weighted by Crippen LogP contribution is 2.43. The third kappa shape index (κ3) is 1.96. The molecule has 1 saturated carbocycles. The summed E-state index contributed by atoms with van der Waals surface area (Å²) in [6.45, 7) is 0.787. The van der Waals surface area contributed by atoms with E-state index in [1.54, 1.807) is 0 Å². The second kappa shape index (κ2) is 4.78. The molecule has 1 aliphatic rings. The molecule has 0 saturated heterocycles. The van der Waals surface area contributed by atoms with E-state index in [0.29, 0.717) is 5.78 Å². The number of carbonyl (C=O) groups excluding carboxylic acids is 1. The van der Waals surface area contributed by atoms with Gasteiger partial charge in [-0.2, -0.15) is 0 Å². The van der Waals surface area contributed by atoms with E-state index in [9.17, 15) is 4.79 Å². The van der Waals surface area contributed by atoms with Gasteiger partial charge in [0.25, 0.3) is 0 Å². The summed E-state index contributed by atoms with van der Waals surface area (Å²) in [5, 5.41) is 5.41. The van der Waals surface area contributed by atoms with Gasteiger partial charge in [0.15, 0.2) is 5.78 Å². The zero-order valence-electron chi connectivity index (χ0n) is 11.3. The molecule has 19 heavy (non-hydrogen) atoms. The van der Waals surface area contributed by atoms with Crippen molar-refractivity contribution >= 4 is 16.6 Å². The van der Waals surface area contributed by atoms with Crippen molar-refractivity contribution in [3.05, 3.63) is 48.0 Å². The lowest BCUT2D eigenvalue weighted by atomic mass is 9.64. The Morgan fingerprint density at radius 1 is 1.16 bits per heavy atom. The minimum absolute atomic E-state index is 0.168. The summed E-state index contributed by atoms with van der Waals surface area (Å²) in [7, 11) is 1.93. The lowest BCUT2D eigenvalue weighted by molar-refractivity contribution is 0.0616. The molecule has 0 amide bonds. The van der Waals surface area contributed by atoms with Crippen LogP contribution < -0.4 is 5.32 Å². The molecule has 0 heterocycles. The Labute approximate surface area is 113 Å². The molecular formula is C17H19NO. The molecule has 0 aliphatic heterocycles. The number of hydrogen-bond acceptors (Lipinski definition) is 2. The molecule has 0 bridgehead atoms. The van der Waals surface area contributed by atoms with Crippen LogP contribution in [0.3, 0.4) is 0 Å². The fourth-order valence-electron chi connectivity index (χ4n) is 3.14. The Balaban J connectivity index is 2.06. The summed E-state index contributed by atoms with van der Waals surface area (Å²) in [4.78, 5) is 12.9. The first-order valence-corrected chi connectivity index (χ1v) is 6.94. The van der Waals surface area contributed by atoms with Gasteiger partial charge in [-0.05, 0) is 30.7 Å². The number of hydrogen-bond donors (Lipinski definition) is 1. The van der Waals surface area contributed by atoms with E-state index in [0.717, 1.165) is 42.1 Å². The summed E-state index contributed by atoms with van der Waals surface area (Å²) in [6, 6.07) is 14.2. The number of Topliss-reactive ketones (excluding diaryl/α,β-unsaturated/α-hetero) is 1. The normalized spacial score (nSPS) is 17.1. The van der Waals surface area contributed by atoms with Crippen molar-refractivity contribution in [1.29, 1.82) is 0 Å². The highest BCUT2D eigenvalue weighted by molar-refractivity contribution is 6.11. The van der Waals surface area contributed by atoms with Crippen molar-refractivity contribution in [2.45, 2.75) is 19.3 Å². The maximum atomic E-state index is 12.9. The van der Waals surface area contributed by atoms with Crippen LogP contribution in [0.1, 0.15) is 29.6 Å². The number of ketones is 1. The average Bonchev–Trinajstić information content (AvgIpc) is 2.41. The predicted molar refractivity (Wildman–Crippen MR) is 78.5 cm³/mol. The molecule has 0 atom stereocenters. The third-order valence-corrected chi connectivity index (χ3v) is 4.34. The van der Waals surface area contributed by atoms with Crippen molar-refractivity contribution in [2.24, 2.45) is 5.41 Å². The first kappa shape index (κ1) is 12.4. The van der Waals surface area contributed by atoms with Crippen molar-refractivity contribution in [3.8, 4) is 0 Å². The highest BCUT2D eigenvalue weighted by Gasteiger charge is 2.43. The van der Waals surface area contributed by atoms with Gasteiger partial charge < -0.3 is 5.32 Å². The van der Waals surface area contributed by atoms with Gasteiger partial charge in [0.1, 0.15) is 0 Å². The van der Waals surface area contributed by atoms with Gasteiger partial charge in [-0.25, -0.2) is 0 Å². The van der Waals surface area contributed by atoms with Crippen LogP contribution in [0, 0.1) is 5.41 Å². The lowest BCUT2D eigenvalue weighted by Crippen LogP contribution is -2.45. The van der Waals surface area contributed by atoms with Crippen molar-refractivity contribution in [3.63, 3.8) is 0 Å². The number of nitrogens with one attached hydrogen (secondary N) is 1. The monoisotopic (exact) mass is 253 g/mol. The molecule has 2 aromatic carbocycles. The molecule has 98 valence electrons. The molecule has 2 heteroatoms. The maximum Gasteiger partial charge on any atom is 0.170 e. The van der Waals surface area contributed by atoms with Crippen LogP contribution in [-0.4, -0.2) is 19.4 Å². The van der Waals surface area contributed by atoms with Crippen LogP contribution in [0.15, 0.2) is 42.5 Å². The molecule has 0 spiro atoms. The summed E-state index contributed by atoms with van der Waals surface area (Å²) >= 11 is 0. The largest absolute Gasteiger partial charge is 0.319 e. The van der Waals surface area contributed by atoms with Crippen LogP contribution in [0.25, 0.3) is 10.8 Å². The second-order valence-corrected chi connectivity index (χ2v) is 5.52. The van der Waals surface area contributed by atoms with E-state index in [1.807, 2.05) is 37.4 Å². The van der Waals surface area contributed by atoms with E-state index in [4.69, 9.17) is 0 Å². The molecule has 3 rings (SSSR count). The van der Waals surface area contributed by atoms with E-state index >= 15 is 0 Å². The quantitative estimate of drug-likeness (QED) is 0.846. The SMILES string of the molecule is CNCC1(C(=O)c2cccc3ccccc23)CCC1. The Bertz CT molecular complexity index is 608. The Morgan fingerprint density at radius 3 is 2.58 bits per heavy atom. The van der Waals surface area contributed by atoms with E-state index in [1.165, 1.54) is 0 Å². The summed E-state index contributed by atoms with van der Waals surface area (Å²) in [5.41, 5.74) is 0.715. The molecule has 0 aromatic heterocycles. The second-order valence-electron chi connectivity index (χ2n) is 5.52. The van der Waals surface area contributed by atoms with E-state index in [-0.39, 0.29) is 5.41 Å². The summed E-state index contributed by atoms with van der Waals surface area (Å²) in [5.74, 6) is 0.310. The summed E-state index contributed by atoms with van der Waals surface area (Å²) < 4.78 is 0. The third-order valence-electron chi connectivity index (χ3n) is 4.34. The molecule has 0 radical (unpaired) electrons. The van der Waals surface area contributed by atoms with Crippen molar-refractivity contribution < 1.29 is 4.79 Å². The van der Waals surface area contributed by atoms with Crippen molar-refractivity contribution in [1.82, 2.24) is 5.32 Å². The molecular weight excluding hydrogens is 234 g/mol. The first-order chi connectivity index (χ1) is 9.27. The van der Waals surface area contributed by atoms with Gasteiger partial charge in [-0.3, -0.25) is 4.79 Å². The van der Waals surface area contributed by atoms with Gasteiger partial charge >= 0.3 is 0 Å². The molecule has 1 N–H and O–H groups in total. The predicted octanol–water partition coefficient (Wildman–Crippen LogP) is 3.41. The first-order valence-electron chi connectivity index (χ1n) is 6.94. The lowest BCUT2D eigenvalue weighted by Gasteiger charge is -2.40. The number of carbonyl (C=O) groups is 1. The van der Waals surface area contributed by atoms with Crippen LogP contribution >= 0.6 is 0 Å². The zero-order chi connectivity index (χ0) is 13.3. The Kier molecular flexibility index (Phi) is 3.11. The number of benzene rings is 2. The molecule has 2 nitrogen and oxygen atoms in total. The highest BCUT2D eigenvalue weighted by atomic mass is 16.1. The Morgan fingerprint density at radius 2 is 1.89 bits per heavy atom. The number of rotatable bonds is 4. The summed E-state index contributed by atoms with van der Waals surface area (Å²) in [6.07, 6.45) is 3.18. The van der Waals surface area contributed by atoms with Crippen LogP contribution in [0.5, 0.6) is 0 Å². The van der Waals surface area contributed by atoms with Gasteiger partial charge in [-0.1, -0.05) is 48.9 Å². The topological polar surface area (TPSA) is 29.1 Å². The van der Waals surface area contributed by atoms with Gasteiger partial charge in [0.2, 0.25) is 0 Å². The molecule has 1 fully saturated rings. The van der Waals surface area contributed by atoms with E-state index in [2.05, 4.69) is 17.4 Å². The fraction of sp³-hybridized carbons (Fsp3) is 0.353. The minimum atomic E-state index is -0.168. The van der Waals surface area contributed by atoms with Gasteiger partial charge in [-0.15, -0.1) is 0 Å².